The molecule has 0 radical (unpaired) electrons. The second-order valence-corrected chi connectivity index (χ2v) is 10.9. The smallest absolute Gasteiger partial charge is 0.251 e. The van der Waals surface area contributed by atoms with E-state index in [1.807, 2.05) is 58.0 Å². The van der Waals surface area contributed by atoms with Crippen molar-refractivity contribution in [2.24, 2.45) is 0 Å². The lowest BCUT2D eigenvalue weighted by atomic mass is 9.79. The molecule has 0 spiro atoms. The zero-order valence-corrected chi connectivity index (χ0v) is 21.4. The summed E-state index contributed by atoms with van der Waals surface area (Å²) in [6.45, 7) is 7.92. The van der Waals surface area contributed by atoms with Gasteiger partial charge in [0.2, 0.25) is 0 Å². The minimum atomic E-state index is -0.449. The average Bonchev–Trinajstić information content (AvgIpc) is 3.28. The van der Waals surface area contributed by atoms with Gasteiger partial charge in [0.25, 0.3) is 5.91 Å². The summed E-state index contributed by atoms with van der Waals surface area (Å²) in [5.74, 6) is 0.703. The molecule has 4 aromatic rings. The molecule has 0 unspecified atom stereocenters. The van der Waals surface area contributed by atoms with Gasteiger partial charge in [-0.25, -0.2) is 4.98 Å². The number of carbonyl (C=O) groups is 1. The second kappa shape index (κ2) is 9.17. The zero-order chi connectivity index (χ0) is 26.4. The Morgan fingerprint density at radius 2 is 1.73 bits per heavy atom. The van der Waals surface area contributed by atoms with Crippen molar-refractivity contribution in [3.8, 4) is 17.0 Å². The van der Waals surface area contributed by atoms with Crippen LogP contribution in [0.2, 0.25) is 0 Å². The summed E-state index contributed by atoms with van der Waals surface area (Å²) >= 11 is 0. The van der Waals surface area contributed by atoms with Gasteiger partial charge < -0.3 is 20.9 Å². The average molecular weight is 501 g/mol. The van der Waals surface area contributed by atoms with Crippen molar-refractivity contribution < 1.29 is 15.1 Å². The van der Waals surface area contributed by atoms with Gasteiger partial charge in [-0.3, -0.25) is 4.79 Å². The highest BCUT2D eigenvalue weighted by molar-refractivity contribution is 5.95. The highest BCUT2D eigenvalue weighted by Gasteiger charge is 2.45. The Morgan fingerprint density at radius 3 is 2.46 bits per heavy atom. The van der Waals surface area contributed by atoms with Crippen molar-refractivity contribution in [1.29, 1.82) is 0 Å². The van der Waals surface area contributed by atoms with Gasteiger partial charge in [-0.05, 0) is 70.9 Å². The maximum Gasteiger partial charge on any atom is 0.251 e. The van der Waals surface area contributed by atoms with Gasteiger partial charge in [0, 0.05) is 52.3 Å². The molecular formula is C28H32N6O3. The van der Waals surface area contributed by atoms with Crippen LogP contribution in [0.5, 0.6) is 5.75 Å². The van der Waals surface area contributed by atoms with Crippen molar-refractivity contribution in [3.05, 3.63) is 72.4 Å². The molecular weight excluding hydrogens is 468 g/mol. The van der Waals surface area contributed by atoms with E-state index in [2.05, 4.69) is 15.6 Å². The quantitative estimate of drug-likeness (QED) is 0.305. The standard InChI is InChI=1S/C28H32N6O3/c1-27(2)16-21(17-28(3,4)34(27)37)31-26(36)19-8-5-7-18(13-19)23-15-25-29-12-11-24(33(25)32-23)30-20-9-6-10-22(35)14-20/h5-15,21,30,35,37H,16-17H2,1-4H3,(H,31,36). The molecule has 3 heterocycles. The van der Waals surface area contributed by atoms with E-state index in [-0.39, 0.29) is 17.7 Å². The molecule has 1 aliphatic rings. The number of fused-ring (bicyclic) bond motifs is 1. The Kier molecular flexibility index (Phi) is 6.13. The molecule has 0 saturated carbocycles. The maximum atomic E-state index is 13.2. The predicted molar refractivity (Wildman–Crippen MR) is 142 cm³/mol. The molecule has 37 heavy (non-hydrogen) atoms. The Labute approximate surface area is 215 Å². The van der Waals surface area contributed by atoms with Crippen LogP contribution in [0.3, 0.4) is 0 Å². The minimum absolute atomic E-state index is 0.0602. The number of phenolic OH excluding ortho intramolecular Hbond substituents is 1. The number of hydrogen-bond acceptors (Lipinski definition) is 7. The molecule has 1 fully saturated rings. The molecule has 0 atom stereocenters. The van der Waals surface area contributed by atoms with E-state index >= 15 is 0 Å². The van der Waals surface area contributed by atoms with E-state index in [0.29, 0.717) is 35.6 Å². The van der Waals surface area contributed by atoms with Crippen LogP contribution in [0.25, 0.3) is 16.9 Å². The van der Waals surface area contributed by atoms with E-state index in [1.165, 1.54) is 5.06 Å². The fourth-order valence-corrected chi connectivity index (χ4v) is 5.32. The van der Waals surface area contributed by atoms with Gasteiger partial charge in [-0.15, -0.1) is 0 Å². The summed E-state index contributed by atoms with van der Waals surface area (Å²) in [5.41, 5.74) is 2.50. The van der Waals surface area contributed by atoms with Gasteiger partial charge >= 0.3 is 0 Å². The van der Waals surface area contributed by atoms with E-state index < -0.39 is 11.1 Å². The van der Waals surface area contributed by atoms with Crippen LogP contribution < -0.4 is 10.6 Å². The van der Waals surface area contributed by atoms with Crippen molar-refractivity contribution in [3.63, 3.8) is 0 Å². The van der Waals surface area contributed by atoms with Gasteiger partial charge in [-0.1, -0.05) is 18.2 Å². The van der Waals surface area contributed by atoms with Crippen LogP contribution in [0.15, 0.2) is 66.9 Å². The number of anilines is 2. The van der Waals surface area contributed by atoms with Crippen molar-refractivity contribution >= 4 is 23.1 Å². The molecule has 192 valence electrons. The Hall–Kier alpha value is -3.95. The van der Waals surface area contributed by atoms with Crippen molar-refractivity contribution in [2.45, 2.75) is 57.7 Å². The largest absolute Gasteiger partial charge is 0.508 e. The minimum Gasteiger partial charge on any atom is -0.508 e. The number of phenols is 1. The highest BCUT2D eigenvalue weighted by Crippen LogP contribution is 2.36. The lowest BCUT2D eigenvalue weighted by Crippen LogP contribution is -2.62. The molecule has 0 aliphatic carbocycles. The van der Waals surface area contributed by atoms with Crippen LogP contribution >= 0.6 is 0 Å². The summed E-state index contributed by atoms with van der Waals surface area (Å²) in [5, 5.41) is 32.9. The first-order valence-corrected chi connectivity index (χ1v) is 12.3. The third-order valence-corrected chi connectivity index (χ3v) is 6.87. The van der Waals surface area contributed by atoms with Crippen LogP contribution in [-0.4, -0.2) is 53.0 Å². The number of rotatable bonds is 5. The third-order valence-electron chi connectivity index (χ3n) is 6.87. The summed E-state index contributed by atoms with van der Waals surface area (Å²) in [4.78, 5) is 17.6. The fraction of sp³-hybridized carbons (Fsp3) is 0.321. The Balaban J connectivity index is 1.38. The zero-order valence-electron chi connectivity index (χ0n) is 21.4. The first-order chi connectivity index (χ1) is 17.5. The number of aromatic hydroxyl groups is 1. The molecule has 9 nitrogen and oxygen atoms in total. The summed E-state index contributed by atoms with van der Waals surface area (Å²) in [7, 11) is 0. The summed E-state index contributed by atoms with van der Waals surface area (Å²) in [6, 6.07) is 17.8. The molecule has 4 N–H and O–H groups in total. The summed E-state index contributed by atoms with van der Waals surface area (Å²) < 4.78 is 1.69. The van der Waals surface area contributed by atoms with Gasteiger partial charge in [0.15, 0.2) is 5.65 Å². The number of nitrogens with zero attached hydrogens (tertiary/aromatic N) is 4. The first-order valence-electron chi connectivity index (χ1n) is 12.3. The molecule has 5 rings (SSSR count). The number of amides is 1. The van der Waals surface area contributed by atoms with Crippen LogP contribution in [0.4, 0.5) is 11.5 Å². The number of nitrogens with one attached hydrogen (secondary N) is 2. The van der Waals surface area contributed by atoms with E-state index in [0.717, 1.165) is 11.3 Å². The van der Waals surface area contributed by atoms with E-state index in [4.69, 9.17) is 5.10 Å². The maximum absolute atomic E-state index is 13.2. The molecule has 2 aromatic heterocycles. The topological polar surface area (TPSA) is 115 Å². The fourth-order valence-electron chi connectivity index (χ4n) is 5.32. The number of carbonyl (C=O) groups excluding carboxylic acids is 1. The lowest BCUT2D eigenvalue weighted by Gasteiger charge is -2.51. The molecule has 1 amide bonds. The first kappa shape index (κ1) is 24.7. The molecule has 1 saturated heterocycles. The van der Waals surface area contributed by atoms with Crippen molar-refractivity contribution in [2.75, 3.05) is 5.32 Å². The monoisotopic (exact) mass is 500 g/mol. The molecule has 1 aliphatic heterocycles. The lowest BCUT2D eigenvalue weighted by molar-refractivity contribution is -0.245. The number of piperidine rings is 1. The van der Waals surface area contributed by atoms with Crippen LogP contribution in [-0.2, 0) is 0 Å². The number of aromatic nitrogens is 3. The SMILES string of the molecule is CC1(C)CC(NC(=O)c2cccc(-c3cc4nccc(Nc5cccc(O)c5)n4n3)c2)CC(C)(C)N1O. The van der Waals surface area contributed by atoms with Crippen LogP contribution in [0, 0.1) is 0 Å². The number of benzene rings is 2. The summed E-state index contributed by atoms with van der Waals surface area (Å²) in [6.07, 6.45) is 2.98. The van der Waals surface area contributed by atoms with Gasteiger partial charge in [0.1, 0.15) is 11.6 Å². The molecule has 0 bridgehead atoms. The Bertz CT molecular complexity index is 1440. The van der Waals surface area contributed by atoms with Crippen molar-refractivity contribution in [1.82, 2.24) is 25.0 Å². The second-order valence-electron chi connectivity index (χ2n) is 10.9. The van der Waals surface area contributed by atoms with E-state index in [9.17, 15) is 15.1 Å². The molecule has 9 heteroatoms. The van der Waals surface area contributed by atoms with Gasteiger partial charge in [-0.2, -0.15) is 14.7 Å². The number of hydroxylamine groups is 2. The third kappa shape index (κ3) is 5.00. The Morgan fingerprint density at radius 1 is 1.00 bits per heavy atom. The number of hydrogen-bond donors (Lipinski definition) is 4. The predicted octanol–water partition coefficient (Wildman–Crippen LogP) is 4.99. The molecule has 2 aromatic carbocycles. The highest BCUT2D eigenvalue weighted by atomic mass is 16.5. The van der Waals surface area contributed by atoms with Crippen LogP contribution in [0.1, 0.15) is 50.9 Å². The van der Waals surface area contributed by atoms with E-state index in [1.54, 1.807) is 41.0 Å². The van der Waals surface area contributed by atoms with Gasteiger partial charge in [0.05, 0.1) is 5.69 Å². The normalized spacial score (nSPS) is 17.5.